The molecule has 2 aliphatic rings. The maximum Gasteiger partial charge on any atom is 0.326 e. The highest BCUT2D eigenvalue weighted by atomic mass is 16.4. The van der Waals surface area contributed by atoms with Gasteiger partial charge in [-0.05, 0) is 62.8 Å². The average molecular weight is 597 g/mol. The lowest BCUT2D eigenvalue weighted by Crippen LogP contribution is -2.51. The summed E-state index contributed by atoms with van der Waals surface area (Å²) in [6.45, 7) is 1.53. The summed E-state index contributed by atoms with van der Waals surface area (Å²) in [4.78, 5) is 70.1. The van der Waals surface area contributed by atoms with E-state index >= 15 is 0 Å². The highest BCUT2D eigenvalue weighted by molar-refractivity contribution is 5.93. The number of carbonyl (C=O) groups is 5. The van der Waals surface area contributed by atoms with Crippen molar-refractivity contribution < 1.29 is 39.3 Å². The van der Waals surface area contributed by atoms with Gasteiger partial charge in [-0.15, -0.1) is 0 Å². The molecule has 0 unspecified atom stereocenters. The normalized spacial score (nSPS) is 21.1. The standard InChI is InChI=1S/C29H36N6O8/c36-23(37)11-10-22(25(40)41)34-27(43)33-21(24(38)39)9-3-6-14-32-26(42)28-17-29(28,18-28)35(15-19-7-1-4-12-30-19)16-20-8-2-5-13-31-20/h1-2,4-5,7-8,12-13,21-22H,3,6,9-11,14-18H2,(H,32,42)(H,36,37)(H,38,39)(H,40,41)(H2,33,34,43)/t21-,22-,28?,29?/m0/s1. The van der Waals surface area contributed by atoms with Crippen LogP contribution in [0.2, 0.25) is 0 Å². The van der Waals surface area contributed by atoms with E-state index < -0.39 is 47.9 Å². The van der Waals surface area contributed by atoms with Gasteiger partial charge in [-0.3, -0.25) is 24.5 Å². The number of aliphatic carboxylic acids is 3. The second-order valence-corrected chi connectivity index (χ2v) is 11.0. The number of amides is 3. The van der Waals surface area contributed by atoms with Gasteiger partial charge in [0.2, 0.25) is 5.91 Å². The van der Waals surface area contributed by atoms with Crippen LogP contribution in [0.4, 0.5) is 4.79 Å². The van der Waals surface area contributed by atoms with Gasteiger partial charge in [-0.2, -0.15) is 0 Å². The molecule has 0 aliphatic heterocycles. The molecule has 0 bridgehead atoms. The smallest absolute Gasteiger partial charge is 0.326 e. The lowest BCUT2D eigenvalue weighted by atomic mass is 10.1. The predicted molar refractivity (Wildman–Crippen MR) is 150 cm³/mol. The van der Waals surface area contributed by atoms with Crippen LogP contribution in [0.25, 0.3) is 0 Å². The number of rotatable bonds is 18. The molecule has 2 aromatic rings. The lowest BCUT2D eigenvalue weighted by Gasteiger charge is -2.24. The van der Waals surface area contributed by atoms with Crippen LogP contribution >= 0.6 is 0 Å². The van der Waals surface area contributed by atoms with E-state index in [-0.39, 0.29) is 24.3 Å². The Balaban J connectivity index is 1.22. The largest absolute Gasteiger partial charge is 0.481 e. The van der Waals surface area contributed by atoms with E-state index in [1.807, 2.05) is 36.4 Å². The minimum Gasteiger partial charge on any atom is -0.481 e. The molecule has 14 heteroatoms. The molecular formula is C29H36N6O8. The van der Waals surface area contributed by atoms with E-state index in [9.17, 15) is 34.2 Å². The number of urea groups is 1. The van der Waals surface area contributed by atoms with E-state index in [1.165, 1.54) is 0 Å². The van der Waals surface area contributed by atoms with E-state index in [0.29, 0.717) is 32.5 Å². The number of carboxylic acid groups (broad SMARTS) is 3. The van der Waals surface area contributed by atoms with Crippen LogP contribution in [0.3, 0.4) is 0 Å². The molecule has 43 heavy (non-hydrogen) atoms. The molecule has 230 valence electrons. The third kappa shape index (κ3) is 7.83. The summed E-state index contributed by atoms with van der Waals surface area (Å²) in [5.74, 6) is -3.97. The molecule has 4 rings (SSSR count). The van der Waals surface area contributed by atoms with Crippen LogP contribution in [0, 0.1) is 5.41 Å². The van der Waals surface area contributed by atoms with Gasteiger partial charge in [0, 0.05) is 44.0 Å². The Hall–Kier alpha value is -4.59. The van der Waals surface area contributed by atoms with Crippen molar-refractivity contribution in [3.63, 3.8) is 0 Å². The topological polar surface area (TPSA) is 211 Å². The van der Waals surface area contributed by atoms with Gasteiger partial charge in [0.05, 0.1) is 16.8 Å². The number of nitrogens with one attached hydrogen (secondary N) is 3. The van der Waals surface area contributed by atoms with Crippen molar-refractivity contribution in [1.82, 2.24) is 30.8 Å². The lowest BCUT2D eigenvalue weighted by molar-refractivity contribution is -0.140. The minimum absolute atomic E-state index is 0.0343. The summed E-state index contributed by atoms with van der Waals surface area (Å²) in [5, 5.41) is 34.7. The summed E-state index contributed by atoms with van der Waals surface area (Å²) in [7, 11) is 0. The van der Waals surface area contributed by atoms with Crippen molar-refractivity contribution in [3.8, 4) is 0 Å². The van der Waals surface area contributed by atoms with Gasteiger partial charge < -0.3 is 31.3 Å². The van der Waals surface area contributed by atoms with E-state index in [1.54, 1.807) is 12.4 Å². The fraction of sp³-hybridized carbons (Fsp3) is 0.483. The number of hydrogen-bond acceptors (Lipinski definition) is 8. The first-order valence-corrected chi connectivity index (χ1v) is 14.1. The molecule has 2 fully saturated rings. The summed E-state index contributed by atoms with van der Waals surface area (Å²) in [6, 6.07) is 7.74. The maximum absolute atomic E-state index is 13.2. The van der Waals surface area contributed by atoms with Gasteiger partial charge >= 0.3 is 23.9 Å². The summed E-state index contributed by atoms with van der Waals surface area (Å²) >= 11 is 0. The van der Waals surface area contributed by atoms with Gasteiger partial charge in [0.15, 0.2) is 0 Å². The molecule has 2 aliphatic carbocycles. The molecule has 0 saturated heterocycles. The van der Waals surface area contributed by atoms with Crippen LogP contribution in [-0.4, -0.2) is 84.2 Å². The third-order valence-corrected chi connectivity index (χ3v) is 8.09. The second kappa shape index (κ2) is 13.6. The number of hydrogen-bond donors (Lipinski definition) is 6. The van der Waals surface area contributed by atoms with Crippen LogP contribution in [-0.2, 0) is 32.3 Å². The molecule has 14 nitrogen and oxygen atoms in total. The quantitative estimate of drug-likeness (QED) is 0.135. The van der Waals surface area contributed by atoms with Gasteiger partial charge in [0.1, 0.15) is 12.1 Å². The Morgan fingerprint density at radius 2 is 1.37 bits per heavy atom. The van der Waals surface area contributed by atoms with Gasteiger partial charge in [0.25, 0.3) is 0 Å². The molecule has 0 aromatic carbocycles. The fourth-order valence-electron chi connectivity index (χ4n) is 5.47. The highest BCUT2D eigenvalue weighted by Crippen LogP contribution is 2.81. The Bertz CT molecular complexity index is 1280. The number of carboxylic acids is 3. The first-order chi connectivity index (χ1) is 20.6. The number of carbonyl (C=O) groups excluding carboxylic acids is 2. The first kappa shape index (κ1) is 31.3. The Kier molecular flexibility index (Phi) is 9.91. The van der Waals surface area contributed by atoms with Gasteiger partial charge in [-0.1, -0.05) is 12.1 Å². The number of unbranched alkanes of at least 4 members (excludes halogenated alkanes) is 1. The highest BCUT2D eigenvalue weighted by Gasteiger charge is 2.89. The van der Waals surface area contributed by atoms with Crippen molar-refractivity contribution >= 4 is 29.8 Å². The molecule has 3 amide bonds. The van der Waals surface area contributed by atoms with Crippen molar-refractivity contribution in [2.75, 3.05) is 6.54 Å². The first-order valence-electron chi connectivity index (χ1n) is 14.1. The van der Waals surface area contributed by atoms with Crippen molar-refractivity contribution in [3.05, 3.63) is 60.2 Å². The average Bonchev–Trinajstić information content (AvgIpc) is 3.83. The summed E-state index contributed by atoms with van der Waals surface area (Å²) in [5.41, 5.74) is 1.13. The zero-order valence-electron chi connectivity index (χ0n) is 23.6. The summed E-state index contributed by atoms with van der Waals surface area (Å²) in [6.07, 6.45) is 5.08. The molecule has 0 radical (unpaired) electrons. The number of pyridine rings is 2. The summed E-state index contributed by atoms with van der Waals surface area (Å²) < 4.78 is 0. The molecule has 0 spiro atoms. The SMILES string of the molecule is O=C(O)CC[C@H](NC(=O)N[C@@H](CCCCNC(=O)C12CC1(N(Cc1ccccn1)Cc1ccccn1)C2)C(=O)O)C(=O)O. The van der Waals surface area contributed by atoms with Crippen LogP contribution < -0.4 is 16.0 Å². The monoisotopic (exact) mass is 596 g/mol. The van der Waals surface area contributed by atoms with Crippen LogP contribution in [0.5, 0.6) is 0 Å². The van der Waals surface area contributed by atoms with Crippen LogP contribution in [0.15, 0.2) is 48.8 Å². The van der Waals surface area contributed by atoms with Crippen molar-refractivity contribution in [1.29, 1.82) is 0 Å². The fourth-order valence-corrected chi connectivity index (χ4v) is 5.47. The number of aromatic nitrogens is 2. The number of fused-ring (bicyclic) bond motifs is 1. The van der Waals surface area contributed by atoms with E-state index in [2.05, 4.69) is 30.8 Å². The Morgan fingerprint density at radius 3 is 1.86 bits per heavy atom. The van der Waals surface area contributed by atoms with E-state index in [0.717, 1.165) is 24.2 Å². The zero-order chi connectivity index (χ0) is 31.0. The number of nitrogens with zero attached hydrogens (tertiary/aromatic N) is 3. The maximum atomic E-state index is 13.2. The Morgan fingerprint density at radius 1 is 0.814 bits per heavy atom. The van der Waals surface area contributed by atoms with Crippen LogP contribution in [0.1, 0.15) is 56.3 Å². The molecule has 6 N–H and O–H groups in total. The molecule has 2 heterocycles. The molecule has 2 saturated carbocycles. The van der Waals surface area contributed by atoms with E-state index in [4.69, 9.17) is 5.11 Å². The van der Waals surface area contributed by atoms with Crippen molar-refractivity contribution in [2.24, 2.45) is 5.41 Å². The molecule has 2 aromatic heterocycles. The minimum atomic E-state index is -1.47. The second-order valence-electron chi connectivity index (χ2n) is 11.0. The molecule has 2 atom stereocenters. The van der Waals surface area contributed by atoms with Gasteiger partial charge in [-0.25, -0.2) is 14.4 Å². The predicted octanol–water partition coefficient (Wildman–Crippen LogP) is 1.37. The zero-order valence-corrected chi connectivity index (χ0v) is 23.6. The Labute approximate surface area is 247 Å². The van der Waals surface area contributed by atoms with Crippen molar-refractivity contribution in [2.45, 2.75) is 75.7 Å². The molecular weight excluding hydrogens is 560 g/mol. The third-order valence-electron chi connectivity index (χ3n) is 8.09.